The first kappa shape index (κ1) is 23.3. The molecule has 0 radical (unpaired) electrons. The summed E-state index contributed by atoms with van der Waals surface area (Å²) < 4.78 is 11.3. The van der Waals surface area contributed by atoms with Crippen LogP contribution in [-0.4, -0.2) is 16.8 Å². The van der Waals surface area contributed by atoms with E-state index in [0.29, 0.717) is 27.6 Å². The van der Waals surface area contributed by atoms with E-state index >= 15 is 0 Å². The summed E-state index contributed by atoms with van der Waals surface area (Å²) in [6.07, 6.45) is 0. The summed E-state index contributed by atoms with van der Waals surface area (Å²) in [6.45, 7) is 5.75. The fourth-order valence-corrected chi connectivity index (χ4v) is 3.82. The SMILES string of the molecule is Cc1cccc(C)c1OCc1c(C(=O)Nc2ccc(Cl)cc2C(=O)c2ccccc2)noc1C. The lowest BCUT2D eigenvalue weighted by atomic mass is 10.0. The van der Waals surface area contributed by atoms with Gasteiger partial charge in [-0.25, -0.2) is 0 Å². The van der Waals surface area contributed by atoms with E-state index in [2.05, 4.69) is 10.5 Å². The van der Waals surface area contributed by atoms with Crippen molar-refractivity contribution in [2.75, 3.05) is 5.32 Å². The van der Waals surface area contributed by atoms with E-state index in [1.165, 1.54) is 6.07 Å². The minimum atomic E-state index is -0.513. The van der Waals surface area contributed by atoms with Gasteiger partial charge in [0.2, 0.25) is 0 Å². The number of hydrogen-bond donors (Lipinski definition) is 1. The van der Waals surface area contributed by atoms with Gasteiger partial charge in [-0.05, 0) is 50.1 Å². The number of carbonyl (C=O) groups is 2. The third-order valence-corrected chi connectivity index (χ3v) is 5.71. The highest BCUT2D eigenvalue weighted by Crippen LogP contribution is 2.27. The van der Waals surface area contributed by atoms with Crippen molar-refractivity contribution in [3.05, 3.63) is 111 Å². The third kappa shape index (κ3) is 4.87. The van der Waals surface area contributed by atoms with Gasteiger partial charge in [-0.1, -0.05) is 65.3 Å². The first-order chi connectivity index (χ1) is 16.3. The molecule has 1 aromatic heterocycles. The summed E-state index contributed by atoms with van der Waals surface area (Å²) in [6, 6.07) is 19.4. The fourth-order valence-electron chi connectivity index (χ4n) is 3.65. The van der Waals surface area contributed by atoms with Gasteiger partial charge in [0.25, 0.3) is 5.91 Å². The number of ether oxygens (including phenoxy) is 1. The number of hydrogen-bond acceptors (Lipinski definition) is 5. The van der Waals surface area contributed by atoms with Gasteiger partial charge in [-0.15, -0.1) is 0 Å². The standard InChI is InChI=1S/C27H23ClN2O4/c1-16-8-7-9-17(2)26(16)33-15-22-18(3)34-30-24(22)27(32)29-23-13-12-20(28)14-21(23)25(31)19-10-5-4-6-11-19/h4-14H,15H2,1-3H3,(H,29,32). The highest BCUT2D eigenvalue weighted by atomic mass is 35.5. The van der Waals surface area contributed by atoms with Gasteiger partial charge in [-0.2, -0.15) is 0 Å². The first-order valence-electron chi connectivity index (χ1n) is 10.7. The zero-order valence-electron chi connectivity index (χ0n) is 19.0. The van der Waals surface area contributed by atoms with Crippen LogP contribution in [0.2, 0.25) is 5.02 Å². The van der Waals surface area contributed by atoms with Gasteiger partial charge < -0.3 is 14.6 Å². The molecule has 0 spiro atoms. The summed E-state index contributed by atoms with van der Waals surface area (Å²) in [5, 5.41) is 7.11. The molecule has 0 aliphatic heterocycles. The second-order valence-corrected chi connectivity index (χ2v) is 8.35. The minimum Gasteiger partial charge on any atom is -0.488 e. The molecule has 1 heterocycles. The molecule has 0 unspecified atom stereocenters. The van der Waals surface area contributed by atoms with Gasteiger partial charge in [-0.3, -0.25) is 9.59 Å². The average molecular weight is 475 g/mol. The van der Waals surface area contributed by atoms with E-state index in [0.717, 1.165) is 16.9 Å². The van der Waals surface area contributed by atoms with Crippen molar-refractivity contribution >= 4 is 29.0 Å². The summed E-state index contributed by atoms with van der Waals surface area (Å²) in [7, 11) is 0. The Morgan fingerprint density at radius 2 is 1.68 bits per heavy atom. The van der Waals surface area contributed by atoms with Crippen LogP contribution in [0.15, 0.2) is 71.3 Å². The zero-order valence-corrected chi connectivity index (χ0v) is 19.8. The Morgan fingerprint density at radius 3 is 2.38 bits per heavy atom. The molecule has 4 aromatic rings. The van der Waals surface area contributed by atoms with Gasteiger partial charge in [0, 0.05) is 16.1 Å². The predicted octanol–water partition coefficient (Wildman–Crippen LogP) is 6.32. The maximum Gasteiger partial charge on any atom is 0.278 e. The van der Waals surface area contributed by atoms with Crippen LogP contribution < -0.4 is 10.1 Å². The number of amides is 1. The Morgan fingerprint density at radius 1 is 0.971 bits per heavy atom. The molecule has 0 bridgehead atoms. The molecule has 34 heavy (non-hydrogen) atoms. The molecule has 0 aliphatic rings. The minimum absolute atomic E-state index is 0.0943. The molecule has 0 saturated carbocycles. The van der Waals surface area contributed by atoms with Crippen LogP contribution in [0.3, 0.4) is 0 Å². The fraction of sp³-hybridized carbons (Fsp3) is 0.148. The molecule has 1 N–H and O–H groups in total. The van der Waals surface area contributed by atoms with Gasteiger partial charge >= 0.3 is 0 Å². The van der Waals surface area contributed by atoms with Crippen molar-refractivity contribution in [1.82, 2.24) is 5.16 Å². The van der Waals surface area contributed by atoms with Gasteiger partial charge in [0.15, 0.2) is 11.5 Å². The molecule has 0 aliphatic carbocycles. The number of anilines is 1. The Bertz CT molecular complexity index is 1340. The molecule has 3 aromatic carbocycles. The molecule has 0 saturated heterocycles. The van der Waals surface area contributed by atoms with E-state index in [4.69, 9.17) is 20.9 Å². The number of aromatic nitrogens is 1. The molecular weight excluding hydrogens is 452 g/mol. The summed E-state index contributed by atoms with van der Waals surface area (Å²) in [4.78, 5) is 26.2. The lowest BCUT2D eigenvalue weighted by Crippen LogP contribution is -2.18. The van der Waals surface area contributed by atoms with Crippen molar-refractivity contribution in [2.24, 2.45) is 0 Å². The van der Waals surface area contributed by atoms with Crippen molar-refractivity contribution < 1.29 is 18.8 Å². The van der Waals surface area contributed by atoms with Gasteiger partial charge in [0.05, 0.1) is 11.3 Å². The Kier molecular flexibility index (Phi) is 6.80. The number of halogens is 1. The lowest BCUT2D eigenvalue weighted by Gasteiger charge is -2.13. The third-order valence-electron chi connectivity index (χ3n) is 5.48. The summed E-state index contributed by atoms with van der Waals surface area (Å²) in [5.74, 6) is 0.464. The highest BCUT2D eigenvalue weighted by molar-refractivity contribution is 6.31. The van der Waals surface area contributed by atoms with Crippen LogP contribution in [0.4, 0.5) is 5.69 Å². The molecule has 0 fully saturated rings. The van der Waals surface area contributed by atoms with Crippen molar-refractivity contribution in [3.8, 4) is 5.75 Å². The Hall–Kier alpha value is -3.90. The Balaban J connectivity index is 1.59. The maximum absolute atomic E-state index is 13.2. The summed E-state index contributed by atoms with van der Waals surface area (Å²) in [5.41, 5.74) is 3.70. The van der Waals surface area contributed by atoms with Crippen molar-refractivity contribution in [1.29, 1.82) is 0 Å². The number of benzene rings is 3. The Labute approximate surface area is 202 Å². The van der Waals surface area contributed by atoms with Crippen LogP contribution in [-0.2, 0) is 6.61 Å². The number of carbonyl (C=O) groups excluding carboxylic acids is 2. The van der Waals surface area contributed by atoms with E-state index in [1.807, 2.05) is 38.1 Å². The smallest absolute Gasteiger partial charge is 0.278 e. The molecule has 4 rings (SSSR count). The molecule has 6 nitrogen and oxygen atoms in total. The van der Waals surface area contributed by atoms with E-state index < -0.39 is 5.91 Å². The number of aryl methyl sites for hydroxylation is 3. The van der Waals surface area contributed by atoms with Crippen LogP contribution in [0.1, 0.15) is 48.9 Å². The van der Waals surface area contributed by atoms with Crippen LogP contribution in [0.5, 0.6) is 5.75 Å². The van der Waals surface area contributed by atoms with E-state index in [1.54, 1.807) is 43.3 Å². The number of ketones is 1. The molecular formula is C27H23ClN2O4. The van der Waals surface area contributed by atoms with Crippen molar-refractivity contribution in [3.63, 3.8) is 0 Å². The van der Waals surface area contributed by atoms with Crippen LogP contribution in [0.25, 0.3) is 0 Å². The van der Waals surface area contributed by atoms with E-state index in [-0.39, 0.29) is 23.6 Å². The highest BCUT2D eigenvalue weighted by Gasteiger charge is 2.23. The van der Waals surface area contributed by atoms with Crippen LogP contribution >= 0.6 is 11.6 Å². The monoisotopic (exact) mass is 474 g/mol. The van der Waals surface area contributed by atoms with Gasteiger partial charge in [0.1, 0.15) is 18.1 Å². The average Bonchev–Trinajstić information content (AvgIpc) is 3.20. The topological polar surface area (TPSA) is 81.4 Å². The van der Waals surface area contributed by atoms with E-state index in [9.17, 15) is 9.59 Å². The largest absolute Gasteiger partial charge is 0.488 e. The molecule has 172 valence electrons. The van der Waals surface area contributed by atoms with Crippen LogP contribution in [0, 0.1) is 20.8 Å². The van der Waals surface area contributed by atoms with Crippen molar-refractivity contribution in [2.45, 2.75) is 27.4 Å². The normalized spacial score (nSPS) is 10.7. The number of nitrogens with one attached hydrogen (secondary N) is 1. The first-order valence-corrected chi connectivity index (χ1v) is 11.1. The number of nitrogens with zero attached hydrogens (tertiary/aromatic N) is 1. The molecule has 0 atom stereocenters. The quantitative estimate of drug-likeness (QED) is 0.317. The zero-order chi connectivity index (χ0) is 24.2. The maximum atomic E-state index is 13.2. The second-order valence-electron chi connectivity index (χ2n) is 7.91. The lowest BCUT2D eigenvalue weighted by molar-refractivity contribution is 0.101. The summed E-state index contributed by atoms with van der Waals surface area (Å²) >= 11 is 6.15. The molecule has 1 amide bonds. The molecule has 7 heteroatoms. The second kappa shape index (κ2) is 9.93. The number of para-hydroxylation sites is 1. The predicted molar refractivity (Wildman–Crippen MR) is 131 cm³/mol. The number of rotatable bonds is 7.